The molecule has 0 fully saturated rings. The smallest absolute Gasteiger partial charge is 0.384 e. The molecule has 0 aromatic carbocycles. The van der Waals surface area contributed by atoms with E-state index in [-0.39, 0.29) is 23.5 Å². The van der Waals surface area contributed by atoms with Crippen LogP contribution in [0.2, 0.25) is 5.02 Å². The Morgan fingerprint density at radius 1 is 1.11 bits per heavy atom. The number of nitrogens with one attached hydrogen (secondary N) is 4. The number of hydrogen-bond acceptors (Lipinski definition) is 10. The molecule has 0 radical (unpaired) electrons. The van der Waals surface area contributed by atoms with Crippen LogP contribution < -0.4 is 21.3 Å². The zero-order valence-electron chi connectivity index (χ0n) is 26.9. The summed E-state index contributed by atoms with van der Waals surface area (Å²) in [6.45, 7) is 15.3. The molecule has 0 saturated heterocycles. The molecular formula is C32H40ClF3N8O2S. The van der Waals surface area contributed by atoms with Crippen LogP contribution in [0, 0.1) is 0 Å². The summed E-state index contributed by atoms with van der Waals surface area (Å²) < 4.78 is 36.7. The summed E-state index contributed by atoms with van der Waals surface area (Å²) in [5.41, 5.74) is 1.73. The maximum atomic E-state index is 12.5. The molecule has 0 saturated carbocycles. The van der Waals surface area contributed by atoms with E-state index < -0.39 is 16.8 Å². The maximum Gasteiger partial charge on any atom is 0.418 e. The van der Waals surface area contributed by atoms with Crippen molar-refractivity contribution in [2.24, 2.45) is 0 Å². The van der Waals surface area contributed by atoms with Gasteiger partial charge in [0.25, 0.3) is 5.91 Å². The molecule has 3 heterocycles. The molecule has 0 aliphatic rings. The van der Waals surface area contributed by atoms with Crippen molar-refractivity contribution in [3.05, 3.63) is 106 Å². The first-order valence-electron chi connectivity index (χ1n) is 14.3. The van der Waals surface area contributed by atoms with Gasteiger partial charge in [-0.15, -0.1) is 24.5 Å². The van der Waals surface area contributed by atoms with Crippen LogP contribution in [0.3, 0.4) is 0 Å². The maximum absolute atomic E-state index is 12.5. The Hall–Kier alpha value is -4.56. The summed E-state index contributed by atoms with van der Waals surface area (Å²) in [6, 6.07) is 2.14. The number of amides is 1. The third kappa shape index (κ3) is 14.6. The topological polar surface area (TPSA) is 134 Å². The van der Waals surface area contributed by atoms with Crippen molar-refractivity contribution in [1.82, 2.24) is 30.6 Å². The van der Waals surface area contributed by atoms with Crippen LogP contribution in [0.15, 0.2) is 79.6 Å². The minimum Gasteiger partial charge on any atom is -0.384 e. The summed E-state index contributed by atoms with van der Waals surface area (Å²) in [5.74, 6) is 0.369. The molecule has 0 bridgehead atoms. The van der Waals surface area contributed by atoms with Crippen molar-refractivity contribution < 1.29 is 22.8 Å². The summed E-state index contributed by atoms with van der Waals surface area (Å²) in [5, 5.41) is 12.1. The molecule has 0 aliphatic heterocycles. The Labute approximate surface area is 282 Å². The minimum absolute atomic E-state index is 0.136. The Morgan fingerprint density at radius 3 is 2.43 bits per heavy atom. The minimum atomic E-state index is -4.44. The van der Waals surface area contributed by atoms with Gasteiger partial charge in [-0.3, -0.25) is 9.59 Å². The number of hydrogen-bond donors (Lipinski definition) is 4. The van der Waals surface area contributed by atoms with Crippen LogP contribution >= 0.6 is 22.9 Å². The fraction of sp³-hybridized carbons (Fsp3) is 0.312. The molecule has 10 nitrogen and oxygen atoms in total. The lowest BCUT2D eigenvalue weighted by molar-refractivity contribution is -0.137. The van der Waals surface area contributed by atoms with Crippen molar-refractivity contribution in [3.63, 3.8) is 0 Å². The van der Waals surface area contributed by atoms with Crippen LogP contribution in [0.5, 0.6) is 0 Å². The first-order valence-corrected chi connectivity index (χ1v) is 15.5. The van der Waals surface area contributed by atoms with E-state index in [0.29, 0.717) is 28.8 Å². The van der Waals surface area contributed by atoms with Gasteiger partial charge < -0.3 is 21.3 Å². The quantitative estimate of drug-likeness (QED) is 0.0617. The van der Waals surface area contributed by atoms with E-state index in [2.05, 4.69) is 74.3 Å². The lowest BCUT2D eigenvalue weighted by Crippen LogP contribution is -2.27. The second-order valence-electron chi connectivity index (χ2n) is 9.32. The third-order valence-corrected chi connectivity index (χ3v) is 7.38. The lowest BCUT2D eigenvalue weighted by Gasteiger charge is -2.12. The molecule has 1 atom stereocenters. The van der Waals surface area contributed by atoms with E-state index in [1.807, 2.05) is 32.1 Å². The summed E-state index contributed by atoms with van der Waals surface area (Å²) in [7, 11) is 1.48. The number of aromatic nitrogens is 4. The van der Waals surface area contributed by atoms with Gasteiger partial charge in [0.05, 0.1) is 21.5 Å². The molecule has 1 unspecified atom stereocenters. The van der Waals surface area contributed by atoms with Crippen LogP contribution in [0.4, 0.5) is 24.8 Å². The molecule has 3 aromatic rings. The standard InChI is InChI=1S/C23H30N6O2S.C7H6ClF3N2.C2H4/c1-5-16(3)8-7-9-18(6-2)24-10-11-25-21-12-20(27-15-28-21)22(31)29-17(4)23-26-13-19(14-30)32-23;1-12-6-2-4(7(9,10)11)5(8)3-13-6;1-2/h6-9,12-15,17,24H,5,10-11H2,1-4H3,(H,29,31)(H,25,27,28);2-3H,1H3,(H,12,13);1-2H2/b9-7-,16-8+,18-6+;;. The van der Waals surface area contributed by atoms with Gasteiger partial charge in [-0.2, -0.15) is 13.2 Å². The number of carbonyl (C=O) groups is 2. The molecular weight excluding hydrogens is 653 g/mol. The zero-order chi connectivity index (χ0) is 35.4. The van der Waals surface area contributed by atoms with Gasteiger partial charge in [0.15, 0.2) is 6.29 Å². The largest absolute Gasteiger partial charge is 0.418 e. The molecule has 1 amide bonds. The van der Waals surface area contributed by atoms with E-state index in [1.54, 1.807) is 6.07 Å². The van der Waals surface area contributed by atoms with Gasteiger partial charge in [-0.05, 0) is 39.3 Å². The van der Waals surface area contributed by atoms with Gasteiger partial charge in [0.1, 0.15) is 28.7 Å². The van der Waals surface area contributed by atoms with E-state index in [9.17, 15) is 22.8 Å². The van der Waals surface area contributed by atoms with Crippen molar-refractivity contribution in [1.29, 1.82) is 0 Å². The van der Waals surface area contributed by atoms with Gasteiger partial charge in [0, 0.05) is 44.3 Å². The Kier molecular flexibility index (Phi) is 18.3. The molecule has 254 valence electrons. The number of nitrogens with zero attached hydrogens (tertiary/aromatic N) is 4. The van der Waals surface area contributed by atoms with Crippen molar-refractivity contribution in [3.8, 4) is 0 Å². The summed E-state index contributed by atoms with van der Waals surface area (Å²) in [6.07, 6.45) is 9.35. The average molecular weight is 693 g/mol. The van der Waals surface area contributed by atoms with Crippen molar-refractivity contribution in [2.45, 2.75) is 46.3 Å². The van der Waals surface area contributed by atoms with Gasteiger partial charge >= 0.3 is 6.18 Å². The van der Waals surface area contributed by atoms with Crippen molar-refractivity contribution in [2.75, 3.05) is 30.8 Å². The molecule has 47 heavy (non-hydrogen) atoms. The number of rotatable bonds is 13. The SMILES string of the molecule is C=C.CNc1cc(C(F)(F)F)c(Cl)cn1.C\C=C(/C=C\C=C(/C)CC)NCCNc1cc(C(=O)NC(C)c2ncc(C=O)s2)ncn1. The first kappa shape index (κ1) is 40.5. The van der Waals surface area contributed by atoms with Gasteiger partial charge in [0.2, 0.25) is 0 Å². The fourth-order valence-corrected chi connectivity index (χ4v) is 4.29. The van der Waals surface area contributed by atoms with Crippen LogP contribution in [0.1, 0.15) is 70.9 Å². The molecule has 3 rings (SSSR count). The van der Waals surface area contributed by atoms with Gasteiger partial charge in [-0.1, -0.05) is 42.3 Å². The van der Waals surface area contributed by atoms with E-state index >= 15 is 0 Å². The fourth-order valence-electron chi connectivity index (χ4n) is 3.35. The molecule has 4 N–H and O–H groups in total. The second kappa shape index (κ2) is 21.3. The Balaban J connectivity index is 0.000000612. The van der Waals surface area contributed by atoms with E-state index in [1.165, 1.54) is 36.5 Å². The number of halogens is 4. The second-order valence-corrected chi connectivity index (χ2v) is 10.8. The highest BCUT2D eigenvalue weighted by atomic mass is 35.5. The molecule has 0 spiro atoms. The predicted octanol–water partition coefficient (Wildman–Crippen LogP) is 7.65. The number of allylic oxidation sites excluding steroid dienone is 5. The highest BCUT2D eigenvalue weighted by Crippen LogP contribution is 2.35. The number of pyridine rings is 1. The number of carbonyl (C=O) groups excluding carboxylic acids is 2. The average Bonchev–Trinajstić information content (AvgIpc) is 3.56. The Bertz CT molecular complexity index is 1530. The number of aldehydes is 1. The number of alkyl halides is 3. The van der Waals surface area contributed by atoms with E-state index in [0.717, 1.165) is 30.7 Å². The number of thiazole rings is 1. The highest BCUT2D eigenvalue weighted by Gasteiger charge is 2.33. The molecule has 0 aliphatic carbocycles. The van der Waals surface area contributed by atoms with E-state index in [4.69, 9.17) is 11.6 Å². The monoisotopic (exact) mass is 692 g/mol. The first-order chi connectivity index (χ1) is 22.4. The van der Waals surface area contributed by atoms with Crippen LogP contribution in [-0.2, 0) is 6.18 Å². The van der Waals surface area contributed by atoms with Crippen LogP contribution in [-0.4, -0.2) is 52.3 Å². The van der Waals surface area contributed by atoms with Gasteiger partial charge in [-0.25, -0.2) is 19.9 Å². The van der Waals surface area contributed by atoms with Crippen molar-refractivity contribution >= 4 is 46.8 Å². The molecule has 15 heteroatoms. The highest BCUT2D eigenvalue weighted by molar-refractivity contribution is 7.13. The lowest BCUT2D eigenvalue weighted by atomic mass is 10.2. The zero-order valence-corrected chi connectivity index (χ0v) is 28.5. The molecule has 3 aromatic heterocycles. The normalized spacial score (nSPS) is 12.2. The third-order valence-electron chi connectivity index (χ3n) is 5.98. The predicted molar refractivity (Wildman–Crippen MR) is 184 cm³/mol. The summed E-state index contributed by atoms with van der Waals surface area (Å²) in [4.78, 5) is 39.9. The van der Waals surface area contributed by atoms with Crippen LogP contribution in [0.25, 0.3) is 0 Å². The summed E-state index contributed by atoms with van der Waals surface area (Å²) >= 11 is 6.58. The number of anilines is 2. The Morgan fingerprint density at radius 2 is 1.83 bits per heavy atom.